The van der Waals surface area contributed by atoms with Gasteiger partial charge in [-0.3, -0.25) is 4.79 Å². The molecule has 41 heavy (non-hydrogen) atoms. The molecule has 6 nitrogen and oxygen atoms in total. The number of hydrogen-bond acceptors (Lipinski definition) is 5. The van der Waals surface area contributed by atoms with E-state index in [2.05, 4.69) is 5.09 Å². The van der Waals surface area contributed by atoms with E-state index in [1.165, 1.54) is 24.3 Å². The summed E-state index contributed by atoms with van der Waals surface area (Å²) in [6.07, 6.45) is 1.04. The van der Waals surface area contributed by atoms with Gasteiger partial charge in [0.25, 0.3) is 0 Å². The maximum atomic E-state index is 14.7. The van der Waals surface area contributed by atoms with Crippen LogP contribution in [0.25, 0.3) is 32.7 Å². The molecule has 0 amide bonds. The lowest BCUT2D eigenvalue weighted by molar-refractivity contribution is -0.116. The van der Waals surface area contributed by atoms with Crippen LogP contribution in [0.4, 0.5) is 4.39 Å². The number of halogens is 1. The van der Waals surface area contributed by atoms with Gasteiger partial charge in [0, 0.05) is 24.0 Å². The Hall–Kier alpha value is -4.45. The summed E-state index contributed by atoms with van der Waals surface area (Å²) in [6.45, 7) is 0. The number of nitrogens with one attached hydrogen (secondary N) is 1. The fraction of sp³-hybridized carbons (Fsp3) is 0.121. The Morgan fingerprint density at radius 2 is 1.32 bits per heavy atom. The maximum absolute atomic E-state index is 14.7. The van der Waals surface area contributed by atoms with Gasteiger partial charge in [-0.05, 0) is 57.8 Å². The van der Waals surface area contributed by atoms with Crippen LogP contribution in [-0.2, 0) is 9.36 Å². The third-order valence-electron chi connectivity index (χ3n) is 7.68. The highest BCUT2D eigenvalue weighted by molar-refractivity contribution is 7.52. The Morgan fingerprint density at radius 3 is 1.88 bits per heavy atom. The van der Waals surface area contributed by atoms with Crippen molar-refractivity contribution < 1.29 is 27.9 Å². The van der Waals surface area contributed by atoms with E-state index in [-0.39, 0.29) is 23.5 Å². The van der Waals surface area contributed by atoms with Crippen molar-refractivity contribution in [3.63, 3.8) is 0 Å². The maximum Gasteiger partial charge on any atom is 0.513 e. The van der Waals surface area contributed by atoms with Gasteiger partial charge in [-0.25, -0.2) is 8.96 Å². The average molecular weight is 566 g/mol. The Kier molecular flexibility index (Phi) is 6.15. The molecule has 1 heterocycles. The molecule has 1 aliphatic carbocycles. The molecule has 0 spiro atoms. The number of ketones is 1. The Morgan fingerprint density at radius 1 is 0.756 bits per heavy atom. The summed E-state index contributed by atoms with van der Waals surface area (Å²) in [5.41, 5.74) is 1.99. The number of carbonyl (C=O) groups excluding carboxylic acids is 1. The van der Waals surface area contributed by atoms with Crippen LogP contribution in [0.2, 0.25) is 0 Å². The molecule has 8 heteroatoms. The van der Waals surface area contributed by atoms with Crippen molar-refractivity contribution in [2.75, 3.05) is 0 Å². The molecular formula is C33H25FNO5P. The first-order chi connectivity index (χ1) is 19.9. The van der Waals surface area contributed by atoms with E-state index in [1.807, 2.05) is 60.7 Å². The van der Waals surface area contributed by atoms with E-state index in [4.69, 9.17) is 9.05 Å². The fourth-order valence-corrected chi connectivity index (χ4v) is 7.35. The number of hydrogen-bond donors (Lipinski definition) is 2. The van der Waals surface area contributed by atoms with Gasteiger partial charge in [0.05, 0.1) is 11.6 Å². The van der Waals surface area contributed by atoms with E-state index >= 15 is 0 Å². The molecule has 0 saturated carbocycles. The minimum atomic E-state index is -4.27. The molecule has 2 N–H and O–H groups in total. The summed E-state index contributed by atoms with van der Waals surface area (Å²) in [4.78, 5) is 13.1. The number of aliphatic hydroxyl groups excluding tert-OH is 1. The van der Waals surface area contributed by atoms with Crippen molar-refractivity contribution >= 4 is 35.1 Å². The topological polar surface area (TPSA) is 84.9 Å². The lowest BCUT2D eigenvalue weighted by Crippen LogP contribution is -2.30. The molecule has 0 bridgehead atoms. The number of carbonyl (C=O) groups is 1. The van der Waals surface area contributed by atoms with Crippen LogP contribution in [0.15, 0.2) is 108 Å². The molecule has 1 aliphatic heterocycles. The van der Waals surface area contributed by atoms with Crippen molar-refractivity contribution in [2.24, 2.45) is 0 Å². The van der Waals surface area contributed by atoms with Gasteiger partial charge in [0.1, 0.15) is 23.1 Å². The van der Waals surface area contributed by atoms with Crippen LogP contribution in [0.1, 0.15) is 30.9 Å². The third-order valence-corrected chi connectivity index (χ3v) is 9.13. The first-order valence-electron chi connectivity index (χ1n) is 13.4. The number of allylic oxidation sites excluding steroid dienone is 1. The predicted molar refractivity (Wildman–Crippen MR) is 157 cm³/mol. The first kappa shape index (κ1) is 25.5. The summed E-state index contributed by atoms with van der Waals surface area (Å²) >= 11 is 0. The third kappa shape index (κ3) is 4.48. The van der Waals surface area contributed by atoms with Crippen molar-refractivity contribution in [3.8, 4) is 22.6 Å². The van der Waals surface area contributed by atoms with Crippen molar-refractivity contribution in [3.05, 3.63) is 120 Å². The summed E-state index contributed by atoms with van der Waals surface area (Å²) in [6, 6.07) is 27.5. The molecule has 0 saturated heterocycles. The second-order valence-corrected chi connectivity index (χ2v) is 11.9. The van der Waals surface area contributed by atoms with Crippen molar-refractivity contribution in [2.45, 2.75) is 25.3 Å². The lowest BCUT2D eigenvalue weighted by atomic mass is 9.88. The fourth-order valence-electron chi connectivity index (χ4n) is 5.79. The zero-order valence-electron chi connectivity index (χ0n) is 21.8. The summed E-state index contributed by atoms with van der Waals surface area (Å²) in [5, 5.41) is 17.5. The van der Waals surface area contributed by atoms with Crippen LogP contribution in [-0.4, -0.2) is 10.9 Å². The second kappa shape index (κ2) is 9.88. The van der Waals surface area contributed by atoms with Gasteiger partial charge in [0.15, 0.2) is 5.78 Å². The summed E-state index contributed by atoms with van der Waals surface area (Å²) in [5.74, 6) is -0.144. The summed E-state index contributed by atoms with van der Waals surface area (Å²) in [7, 11) is -4.27. The molecule has 0 unspecified atom stereocenters. The van der Waals surface area contributed by atoms with E-state index in [1.54, 1.807) is 12.1 Å². The molecular weight excluding hydrogens is 540 g/mol. The predicted octanol–water partition coefficient (Wildman–Crippen LogP) is 8.57. The largest absolute Gasteiger partial charge is 0.513 e. The quantitative estimate of drug-likeness (QED) is 0.212. The molecule has 0 radical (unpaired) electrons. The lowest BCUT2D eigenvalue weighted by Gasteiger charge is -2.28. The second-order valence-electron chi connectivity index (χ2n) is 10.3. The van der Waals surface area contributed by atoms with Crippen LogP contribution in [0.3, 0.4) is 0 Å². The van der Waals surface area contributed by atoms with Crippen LogP contribution in [0.5, 0.6) is 11.5 Å². The molecule has 7 rings (SSSR count). The Labute approximate surface area is 235 Å². The molecule has 5 aromatic rings. The number of Topliss-reactive ketones (excluding diaryl/α,β-unsaturated/α-hetero) is 1. The van der Waals surface area contributed by atoms with E-state index in [0.29, 0.717) is 29.9 Å². The van der Waals surface area contributed by atoms with Crippen molar-refractivity contribution in [1.82, 2.24) is 5.09 Å². The highest BCUT2D eigenvalue weighted by Crippen LogP contribution is 2.58. The van der Waals surface area contributed by atoms with Crippen molar-refractivity contribution in [1.29, 1.82) is 0 Å². The van der Waals surface area contributed by atoms with Gasteiger partial charge >= 0.3 is 7.75 Å². The van der Waals surface area contributed by atoms with E-state index in [0.717, 1.165) is 32.7 Å². The van der Waals surface area contributed by atoms with Crippen LogP contribution < -0.4 is 14.1 Å². The van der Waals surface area contributed by atoms with Gasteiger partial charge in [-0.2, -0.15) is 5.09 Å². The Balaban J connectivity index is 1.44. The van der Waals surface area contributed by atoms with Crippen LogP contribution in [0, 0.1) is 5.82 Å². The SMILES string of the molecule is O=C1CCCC(O)=C1[C@@H](NP1(=O)Oc2ccc3ccccc3c2-c2c(ccc3ccccc23)O1)c1ccc(F)cc1. The molecule has 0 fully saturated rings. The molecule has 5 aromatic carbocycles. The molecule has 0 aromatic heterocycles. The number of aliphatic hydroxyl groups is 1. The number of benzene rings is 5. The van der Waals surface area contributed by atoms with Crippen LogP contribution >= 0.6 is 7.75 Å². The summed E-state index contributed by atoms with van der Waals surface area (Å²) < 4.78 is 41.1. The normalized spacial score (nSPS) is 16.9. The highest BCUT2D eigenvalue weighted by Gasteiger charge is 2.41. The van der Waals surface area contributed by atoms with Gasteiger partial charge in [0.2, 0.25) is 0 Å². The highest BCUT2D eigenvalue weighted by atomic mass is 31.2. The smallest absolute Gasteiger partial charge is 0.512 e. The molecule has 1 atom stereocenters. The Bertz CT molecular complexity index is 1840. The molecule has 204 valence electrons. The molecule has 2 aliphatic rings. The minimum Gasteiger partial charge on any atom is -0.512 e. The van der Waals surface area contributed by atoms with Gasteiger partial charge in [-0.1, -0.05) is 72.8 Å². The zero-order valence-corrected chi connectivity index (χ0v) is 22.7. The minimum absolute atomic E-state index is 0.0759. The number of fused-ring (bicyclic) bond motifs is 7. The standard InChI is InChI=1S/C33H25FNO5P/c34-23-16-12-22(13-17-23)33(32-26(36)10-5-11-27(32)37)35-41(38)39-28-18-14-20-6-1-3-8-24(20)30(28)31-25-9-4-2-7-21(25)15-19-29(31)40-41/h1-4,6-9,12-19,33,36H,5,10-11H2,(H,35,38)/t33-/m0/s1. The average Bonchev–Trinajstić information content (AvgIpc) is 3.10. The van der Waals surface area contributed by atoms with Gasteiger partial charge in [-0.15, -0.1) is 0 Å². The first-order valence-corrected chi connectivity index (χ1v) is 15.0. The monoisotopic (exact) mass is 565 g/mol. The van der Waals surface area contributed by atoms with Gasteiger partial charge < -0.3 is 14.2 Å². The van der Waals surface area contributed by atoms with E-state index < -0.39 is 19.6 Å². The number of rotatable bonds is 4. The zero-order chi connectivity index (χ0) is 28.1. The van der Waals surface area contributed by atoms with E-state index in [9.17, 15) is 18.9 Å².